The molecular formula is C35H43N6O. The van der Waals surface area contributed by atoms with E-state index in [1.54, 1.807) is 7.11 Å². The van der Waals surface area contributed by atoms with Crippen molar-refractivity contribution in [3.05, 3.63) is 103 Å². The van der Waals surface area contributed by atoms with Gasteiger partial charge in [-0.15, -0.1) is 0 Å². The van der Waals surface area contributed by atoms with Crippen LogP contribution in [0, 0.1) is 38.5 Å². The highest BCUT2D eigenvalue weighted by atomic mass is 16.5. The molecule has 0 bridgehead atoms. The van der Waals surface area contributed by atoms with Crippen LogP contribution in [0.15, 0.2) is 54.7 Å². The lowest BCUT2D eigenvalue weighted by atomic mass is 9.95. The topological polar surface area (TPSA) is 57.1 Å². The highest BCUT2D eigenvalue weighted by Crippen LogP contribution is 2.39. The number of fused-ring (bicyclic) bond motifs is 3. The number of benzene rings is 2. The molecule has 2 N–H and O–H groups in total. The van der Waals surface area contributed by atoms with Gasteiger partial charge in [0.1, 0.15) is 5.75 Å². The molecule has 0 unspecified atom stereocenters. The molecule has 6 rings (SSSR count). The molecule has 7 heteroatoms. The zero-order valence-electron chi connectivity index (χ0n) is 25.0. The molecule has 2 fully saturated rings. The second-order valence-corrected chi connectivity index (χ2v) is 11.3. The number of nitrogens with one attached hydrogen (secondary N) is 2. The quantitative estimate of drug-likeness (QED) is 0.219. The maximum absolute atomic E-state index is 5.46. The Morgan fingerprint density at radius 1 is 0.857 bits per heavy atom. The Morgan fingerprint density at radius 3 is 2.31 bits per heavy atom. The molecule has 1 aliphatic carbocycles. The van der Waals surface area contributed by atoms with E-state index in [4.69, 9.17) is 9.72 Å². The SMILES string of the molecule is COc1ccccc1CNCCCN1CCN(CCCNc2nc3ccccc3n3cc(C)c([C]4[CH][CH][CH][CH]4)c23)CC1. The fourth-order valence-corrected chi connectivity index (χ4v) is 6.26. The van der Waals surface area contributed by atoms with Crippen molar-refractivity contribution in [2.24, 2.45) is 0 Å². The van der Waals surface area contributed by atoms with E-state index >= 15 is 0 Å². The van der Waals surface area contributed by atoms with E-state index in [0.29, 0.717) is 0 Å². The predicted octanol–water partition coefficient (Wildman–Crippen LogP) is 5.16. The molecule has 4 aromatic rings. The lowest BCUT2D eigenvalue weighted by Gasteiger charge is -2.34. The molecule has 7 nitrogen and oxygen atoms in total. The lowest BCUT2D eigenvalue weighted by Crippen LogP contribution is -2.47. The molecule has 2 aromatic heterocycles. The molecule has 2 aliphatic rings. The van der Waals surface area contributed by atoms with Gasteiger partial charge in [-0.1, -0.05) is 30.3 Å². The molecule has 42 heavy (non-hydrogen) atoms. The van der Waals surface area contributed by atoms with Crippen molar-refractivity contribution in [2.75, 3.05) is 64.8 Å². The minimum atomic E-state index is 0.852. The van der Waals surface area contributed by atoms with Crippen LogP contribution in [0.3, 0.4) is 0 Å². The molecule has 0 atom stereocenters. The first-order valence-corrected chi connectivity index (χ1v) is 15.3. The normalized spacial score (nSPS) is 17.0. The minimum absolute atomic E-state index is 0.852. The van der Waals surface area contributed by atoms with Crippen LogP contribution < -0.4 is 15.4 Å². The van der Waals surface area contributed by atoms with E-state index in [2.05, 4.69) is 100 Å². The summed E-state index contributed by atoms with van der Waals surface area (Å²) >= 11 is 0. The van der Waals surface area contributed by atoms with Gasteiger partial charge < -0.3 is 29.6 Å². The fourth-order valence-electron chi connectivity index (χ4n) is 6.26. The van der Waals surface area contributed by atoms with Crippen molar-refractivity contribution in [1.29, 1.82) is 0 Å². The Kier molecular flexibility index (Phi) is 9.58. The van der Waals surface area contributed by atoms with Crippen LogP contribution in [0.2, 0.25) is 0 Å². The Balaban J connectivity index is 0.959. The van der Waals surface area contributed by atoms with Gasteiger partial charge in [0.2, 0.25) is 0 Å². The predicted molar refractivity (Wildman–Crippen MR) is 172 cm³/mol. The Morgan fingerprint density at radius 2 is 1.55 bits per heavy atom. The van der Waals surface area contributed by atoms with Crippen LogP contribution in [0.4, 0.5) is 5.82 Å². The number of hydrogen-bond donors (Lipinski definition) is 2. The number of aromatic nitrogens is 2. The molecule has 0 spiro atoms. The first kappa shape index (κ1) is 29.0. The van der Waals surface area contributed by atoms with E-state index in [-0.39, 0.29) is 0 Å². The van der Waals surface area contributed by atoms with Gasteiger partial charge in [-0.2, -0.15) is 0 Å². The first-order chi connectivity index (χ1) is 20.7. The Hall–Kier alpha value is -3.13. The standard InChI is InChI=1S/C35H43N6O/c1-27-26-41-31-15-7-6-14-30(31)38-35(34(41)33(27)28-11-3-4-12-28)37-18-10-20-40-23-21-39(22-24-40)19-9-17-36-25-29-13-5-8-16-32(29)42-2/h3-8,11-16,26,36H,9-10,17-25H2,1-2H3,(H,37,38). The second-order valence-electron chi connectivity index (χ2n) is 11.3. The summed E-state index contributed by atoms with van der Waals surface area (Å²) in [6.07, 6.45) is 13.1. The van der Waals surface area contributed by atoms with Crippen LogP contribution in [0.1, 0.15) is 29.5 Å². The number of aryl methyl sites for hydroxylation is 1. The third kappa shape index (κ3) is 6.59. The summed E-state index contributed by atoms with van der Waals surface area (Å²) in [5.74, 6) is 3.18. The third-order valence-electron chi connectivity index (χ3n) is 8.49. The van der Waals surface area contributed by atoms with Crippen molar-refractivity contribution in [1.82, 2.24) is 24.5 Å². The van der Waals surface area contributed by atoms with E-state index in [0.717, 1.165) is 94.3 Å². The van der Waals surface area contributed by atoms with Crippen molar-refractivity contribution in [3.8, 4) is 5.75 Å². The Labute approximate surface area is 251 Å². The molecule has 2 aromatic carbocycles. The maximum atomic E-state index is 5.46. The zero-order valence-corrected chi connectivity index (χ0v) is 25.0. The second kappa shape index (κ2) is 13.9. The van der Waals surface area contributed by atoms with Gasteiger partial charge in [0.15, 0.2) is 5.82 Å². The van der Waals surface area contributed by atoms with Crippen molar-refractivity contribution in [3.63, 3.8) is 0 Å². The first-order valence-electron chi connectivity index (χ1n) is 15.3. The molecule has 3 heterocycles. The van der Waals surface area contributed by atoms with Crippen LogP contribution in [-0.2, 0) is 6.54 Å². The summed E-state index contributed by atoms with van der Waals surface area (Å²) < 4.78 is 7.77. The van der Waals surface area contributed by atoms with Gasteiger partial charge in [0, 0.05) is 56.9 Å². The number of ether oxygens (including phenoxy) is 1. The molecule has 1 saturated heterocycles. The average molecular weight is 564 g/mol. The number of methoxy groups -OCH3 is 1. The fraction of sp³-hybridized carbons (Fsp3) is 0.371. The highest BCUT2D eigenvalue weighted by molar-refractivity contribution is 5.89. The van der Waals surface area contributed by atoms with E-state index in [9.17, 15) is 0 Å². The van der Waals surface area contributed by atoms with Crippen LogP contribution in [0.5, 0.6) is 5.75 Å². The van der Waals surface area contributed by atoms with Gasteiger partial charge >= 0.3 is 0 Å². The maximum Gasteiger partial charge on any atom is 0.151 e. The zero-order chi connectivity index (χ0) is 28.7. The van der Waals surface area contributed by atoms with Crippen LogP contribution in [-0.4, -0.2) is 78.7 Å². The summed E-state index contributed by atoms with van der Waals surface area (Å²) in [7, 11) is 1.74. The van der Waals surface area contributed by atoms with Crippen molar-refractivity contribution in [2.45, 2.75) is 26.3 Å². The minimum Gasteiger partial charge on any atom is -0.496 e. The summed E-state index contributed by atoms with van der Waals surface area (Å²) in [6, 6.07) is 16.7. The lowest BCUT2D eigenvalue weighted by molar-refractivity contribution is 0.131. The van der Waals surface area contributed by atoms with E-state index in [1.165, 1.54) is 28.1 Å². The summed E-state index contributed by atoms with van der Waals surface area (Å²) in [6.45, 7) is 11.8. The van der Waals surface area contributed by atoms with Gasteiger partial charge in [0.25, 0.3) is 0 Å². The van der Waals surface area contributed by atoms with E-state index < -0.39 is 0 Å². The number of piperazine rings is 1. The monoisotopic (exact) mass is 563 g/mol. The molecule has 0 amide bonds. The molecule has 1 saturated carbocycles. The smallest absolute Gasteiger partial charge is 0.151 e. The molecule has 219 valence electrons. The van der Waals surface area contributed by atoms with Gasteiger partial charge in [-0.05, 0) is 94.4 Å². The summed E-state index contributed by atoms with van der Waals surface area (Å²) in [4.78, 5) is 10.3. The van der Waals surface area contributed by atoms with Gasteiger partial charge in [-0.25, -0.2) is 4.98 Å². The average Bonchev–Trinajstić information content (AvgIpc) is 3.67. The largest absolute Gasteiger partial charge is 0.496 e. The molecular weight excluding hydrogens is 520 g/mol. The van der Waals surface area contributed by atoms with Gasteiger partial charge in [0.05, 0.1) is 23.7 Å². The third-order valence-corrected chi connectivity index (χ3v) is 8.49. The van der Waals surface area contributed by atoms with Gasteiger partial charge in [-0.3, -0.25) is 0 Å². The van der Waals surface area contributed by atoms with Crippen LogP contribution in [0.25, 0.3) is 16.6 Å². The summed E-state index contributed by atoms with van der Waals surface area (Å²) in [5.41, 5.74) is 7.09. The Bertz CT molecular complexity index is 1450. The number of nitrogens with zero attached hydrogens (tertiary/aromatic N) is 4. The van der Waals surface area contributed by atoms with Crippen molar-refractivity contribution < 1.29 is 4.74 Å². The highest BCUT2D eigenvalue weighted by Gasteiger charge is 2.26. The summed E-state index contributed by atoms with van der Waals surface area (Å²) in [5, 5.41) is 7.29. The molecule has 5 radical (unpaired) electrons. The molecule has 1 aliphatic heterocycles. The number of hydrogen-bond acceptors (Lipinski definition) is 6. The van der Waals surface area contributed by atoms with Crippen molar-refractivity contribution >= 4 is 22.4 Å². The number of anilines is 1. The van der Waals surface area contributed by atoms with Crippen LogP contribution >= 0.6 is 0 Å². The number of para-hydroxylation sites is 3. The van der Waals surface area contributed by atoms with E-state index in [1.807, 2.05) is 12.1 Å². The number of rotatable bonds is 13.